The molecule has 14 heteroatoms. The molecule has 1 N–H and O–H groups in total. The number of benzene rings is 1. The van der Waals surface area contributed by atoms with E-state index >= 15 is 0 Å². The molecule has 1 fully saturated rings. The third-order valence-electron chi connectivity index (χ3n) is 7.62. The van der Waals surface area contributed by atoms with Gasteiger partial charge in [-0.1, -0.05) is 39.0 Å². The number of hydrogen-bond donors (Lipinski definition) is 1. The number of aryl methyl sites for hydroxylation is 2. The zero-order chi connectivity index (χ0) is 35.7. The van der Waals surface area contributed by atoms with E-state index in [1.54, 1.807) is 55.0 Å². The molecule has 1 saturated heterocycles. The Balaban J connectivity index is 0.000000350. The summed E-state index contributed by atoms with van der Waals surface area (Å²) in [6.45, 7) is 14.7. The van der Waals surface area contributed by atoms with Crippen LogP contribution in [0.25, 0.3) is 22.6 Å². The van der Waals surface area contributed by atoms with Crippen molar-refractivity contribution in [2.75, 3.05) is 18.4 Å². The van der Waals surface area contributed by atoms with Crippen molar-refractivity contribution in [1.29, 1.82) is 0 Å². The average molecular weight is 674 g/mol. The molecule has 14 nitrogen and oxygen atoms in total. The maximum Gasteiger partial charge on any atom is 0.410 e. The van der Waals surface area contributed by atoms with E-state index in [4.69, 9.17) is 9.47 Å². The van der Waals surface area contributed by atoms with Crippen LogP contribution in [0.4, 0.5) is 10.6 Å². The number of tetrazole rings is 1. The number of hydrogen-bond acceptors (Lipinski definition) is 10. The molecule has 1 unspecified atom stereocenters. The van der Waals surface area contributed by atoms with E-state index in [1.807, 2.05) is 58.9 Å². The number of pyridine rings is 1. The molecule has 5 rings (SSSR count). The van der Waals surface area contributed by atoms with Crippen LogP contribution >= 0.6 is 0 Å². The Morgan fingerprint density at radius 2 is 1.71 bits per heavy atom. The summed E-state index contributed by atoms with van der Waals surface area (Å²) in [5, 5.41) is 20.0. The number of nitrogens with zero attached hydrogens (tertiary/aromatic N) is 8. The van der Waals surface area contributed by atoms with Gasteiger partial charge < -0.3 is 19.7 Å². The van der Waals surface area contributed by atoms with E-state index in [1.165, 1.54) is 11.2 Å². The summed E-state index contributed by atoms with van der Waals surface area (Å²) in [7, 11) is 1.78. The number of anilines is 1. The van der Waals surface area contributed by atoms with Crippen molar-refractivity contribution in [3.05, 3.63) is 59.9 Å². The first-order valence-electron chi connectivity index (χ1n) is 16.6. The van der Waals surface area contributed by atoms with Gasteiger partial charge in [0.05, 0.1) is 12.1 Å². The standard InChI is InChI=1S/C25H28N8O3.C10H19NO2/c1-6-20(36-25(35)15(2)3)33-30-23(29-31-33)21-19(14-27-32(21)5)17-9-11-18(12-10-17)24(34)28-22-16(4)8-7-13-26-22;1-10(2,3)13-9(12)11-7-5-4-6-8-11/h7-15,20H,6H2,1-5H3,(H,26,28,34);4-8H2,1-3H3. The van der Waals surface area contributed by atoms with Gasteiger partial charge in [0.25, 0.3) is 5.91 Å². The highest BCUT2D eigenvalue weighted by molar-refractivity contribution is 6.04. The maximum atomic E-state index is 12.7. The van der Waals surface area contributed by atoms with Crippen molar-refractivity contribution in [2.45, 2.75) is 86.0 Å². The number of carbonyl (C=O) groups excluding carboxylic acids is 3. The van der Waals surface area contributed by atoms with Crippen LogP contribution in [0.3, 0.4) is 0 Å². The highest BCUT2D eigenvalue weighted by Gasteiger charge is 2.24. The van der Waals surface area contributed by atoms with E-state index in [-0.39, 0.29) is 29.5 Å². The number of piperidine rings is 1. The molecule has 4 aromatic rings. The number of aromatic nitrogens is 7. The molecule has 4 heterocycles. The summed E-state index contributed by atoms with van der Waals surface area (Å²) < 4.78 is 12.4. The van der Waals surface area contributed by atoms with Gasteiger partial charge in [0.2, 0.25) is 12.1 Å². The molecule has 2 amide bonds. The van der Waals surface area contributed by atoms with Crippen molar-refractivity contribution >= 4 is 23.8 Å². The second-order valence-corrected chi connectivity index (χ2v) is 13.1. The molecule has 49 heavy (non-hydrogen) atoms. The third kappa shape index (κ3) is 9.94. The van der Waals surface area contributed by atoms with Crippen molar-refractivity contribution in [3.63, 3.8) is 0 Å². The second-order valence-electron chi connectivity index (χ2n) is 13.1. The van der Waals surface area contributed by atoms with Gasteiger partial charge in [0.15, 0.2) is 0 Å². The third-order valence-corrected chi connectivity index (χ3v) is 7.62. The van der Waals surface area contributed by atoms with Gasteiger partial charge in [-0.2, -0.15) is 5.10 Å². The minimum atomic E-state index is -0.654. The lowest BCUT2D eigenvalue weighted by molar-refractivity contribution is -0.159. The summed E-state index contributed by atoms with van der Waals surface area (Å²) in [6.07, 6.45) is 6.48. The quantitative estimate of drug-likeness (QED) is 0.213. The first-order valence-corrected chi connectivity index (χ1v) is 16.6. The van der Waals surface area contributed by atoms with Gasteiger partial charge in [0.1, 0.15) is 17.1 Å². The van der Waals surface area contributed by atoms with Gasteiger partial charge in [0, 0.05) is 43.9 Å². The first kappa shape index (κ1) is 36.7. The van der Waals surface area contributed by atoms with E-state index in [2.05, 4.69) is 30.8 Å². The fraction of sp³-hybridized carbons (Fsp3) is 0.486. The monoisotopic (exact) mass is 673 g/mol. The largest absolute Gasteiger partial charge is 0.444 e. The zero-order valence-corrected chi connectivity index (χ0v) is 29.6. The predicted octanol–water partition coefficient (Wildman–Crippen LogP) is 6.21. The van der Waals surface area contributed by atoms with Crippen molar-refractivity contribution in [1.82, 2.24) is 39.9 Å². The summed E-state index contributed by atoms with van der Waals surface area (Å²) in [5.41, 5.74) is 3.26. The molecule has 1 aliphatic rings. The molecule has 1 atom stereocenters. The molecule has 1 aromatic carbocycles. The fourth-order valence-electron chi connectivity index (χ4n) is 4.92. The Morgan fingerprint density at radius 1 is 1.02 bits per heavy atom. The number of amides is 2. The second kappa shape index (κ2) is 16.3. The number of nitrogens with one attached hydrogen (secondary N) is 1. The number of esters is 1. The van der Waals surface area contributed by atoms with E-state index in [0.717, 1.165) is 42.6 Å². The molecule has 1 aliphatic heterocycles. The summed E-state index contributed by atoms with van der Waals surface area (Å²) in [4.78, 5) is 43.6. The van der Waals surface area contributed by atoms with Gasteiger partial charge in [-0.05, 0) is 81.5 Å². The van der Waals surface area contributed by atoms with E-state index in [9.17, 15) is 14.4 Å². The number of ether oxygens (including phenoxy) is 2. The Morgan fingerprint density at radius 3 is 2.33 bits per heavy atom. The van der Waals surface area contributed by atoms with Crippen LogP contribution in [0, 0.1) is 12.8 Å². The smallest absolute Gasteiger partial charge is 0.410 e. The lowest BCUT2D eigenvalue weighted by Gasteiger charge is -2.29. The molecule has 0 aliphatic carbocycles. The lowest BCUT2D eigenvalue weighted by Crippen LogP contribution is -2.39. The minimum Gasteiger partial charge on any atom is -0.444 e. The fourth-order valence-corrected chi connectivity index (χ4v) is 4.92. The van der Waals surface area contributed by atoms with Crippen LogP contribution in [0.1, 0.15) is 89.4 Å². The van der Waals surface area contributed by atoms with Crippen LogP contribution in [-0.2, 0) is 21.3 Å². The van der Waals surface area contributed by atoms with E-state index < -0.39 is 6.23 Å². The zero-order valence-electron chi connectivity index (χ0n) is 29.6. The molecule has 0 bridgehead atoms. The predicted molar refractivity (Wildman–Crippen MR) is 184 cm³/mol. The SMILES string of the molecule is CC(C)(C)OC(=O)N1CCCCC1.CCC(OC(=O)C(C)C)n1nnc(-c2c(-c3ccc(C(=O)Nc4ncccc4C)cc3)cnn2C)n1. The molecular weight excluding hydrogens is 626 g/mol. The Bertz CT molecular complexity index is 1720. The van der Waals surface area contributed by atoms with Gasteiger partial charge >= 0.3 is 12.1 Å². The van der Waals surface area contributed by atoms with Crippen LogP contribution in [0.2, 0.25) is 0 Å². The summed E-state index contributed by atoms with van der Waals surface area (Å²) in [5.74, 6) is 0.0326. The Kier molecular flexibility index (Phi) is 12.2. The van der Waals surface area contributed by atoms with Gasteiger partial charge in [-0.3, -0.25) is 14.3 Å². The molecule has 0 saturated carbocycles. The molecular formula is C35H47N9O5. The molecule has 3 aromatic heterocycles. The summed E-state index contributed by atoms with van der Waals surface area (Å²) >= 11 is 0. The van der Waals surface area contributed by atoms with Crippen molar-refractivity contribution in [3.8, 4) is 22.6 Å². The Labute approximate surface area is 287 Å². The van der Waals surface area contributed by atoms with Gasteiger partial charge in [-0.25, -0.2) is 9.78 Å². The van der Waals surface area contributed by atoms with Gasteiger partial charge in [-0.15, -0.1) is 15.0 Å². The van der Waals surface area contributed by atoms with Crippen LogP contribution in [0.5, 0.6) is 0 Å². The van der Waals surface area contributed by atoms with Crippen molar-refractivity contribution in [2.24, 2.45) is 13.0 Å². The molecule has 0 radical (unpaired) electrons. The minimum absolute atomic E-state index is 0.160. The molecule has 262 valence electrons. The number of rotatable bonds is 8. The summed E-state index contributed by atoms with van der Waals surface area (Å²) in [6, 6.07) is 10.9. The Hall–Kier alpha value is -5.14. The topological polar surface area (TPSA) is 159 Å². The number of likely N-dealkylation sites (tertiary alicyclic amines) is 1. The van der Waals surface area contributed by atoms with Crippen LogP contribution < -0.4 is 5.32 Å². The van der Waals surface area contributed by atoms with E-state index in [0.29, 0.717) is 29.3 Å². The average Bonchev–Trinajstić information content (AvgIpc) is 3.71. The van der Waals surface area contributed by atoms with Crippen LogP contribution in [-0.4, -0.2) is 76.5 Å². The maximum absolute atomic E-state index is 12.7. The number of carbonyl (C=O) groups is 3. The first-order chi connectivity index (χ1) is 23.3. The highest BCUT2D eigenvalue weighted by Crippen LogP contribution is 2.30. The van der Waals surface area contributed by atoms with Crippen LogP contribution in [0.15, 0.2) is 48.8 Å². The van der Waals surface area contributed by atoms with Crippen molar-refractivity contribution < 1.29 is 23.9 Å². The highest BCUT2D eigenvalue weighted by atomic mass is 16.6. The normalized spacial score (nSPS) is 13.7. The lowest BCUT2D eigenvalue weighted by atomic mass is 10.0. The molecule has 0 spiro atoms.